The van der Waals surface area contributed by atoms with E-state index < -0.39 is 11.7 Å². The molecule has 2 rings (SSSR count). The molecule has 0 aliphatic carbocycles. The van der Waals surface area contributed by atoms with Crippen molar-refractivity contribution >= 4 is 23.0 Å². The van der Waals surface area contributed by atoms with Gasteiger partial charge in [-0.3, -0.25) is 5.32 Å². The number of rotatable bonds is 4. The van der Waals surface area contributed by atoms with Crippen molar-refractivity contribution in [2.75, 3.05) is 10.6 Å². The van der Waals surface area contributed by atoms with Crippen LogP contribution in [0.15, 0.2) is 24.4 Å². The van der Waals surface area contributed by atoms with Gasteiger partial charge in [0.15, 0.2) is 0 Å². The third-order valence-corrected chi connectivity index (χ3v) is 2.95. The maximum atomic E-state index is 11.8. The minimum atomic E-state index is -0.562. The van der Waals surface area contributed by atoms with Crippen LogP contribution in [-0.2, 0) is 4.74 Å². The minimum absolute atomic E-state index is 0.204. The van der Waals surface area contributed by atoms with E-state index >= 15 is 0 Å². The number of nitrogens with zero attached hydrogens (tertiary/aromatic N) is 4. The van der Waals surface area contributed by atoms with Gasteiger partial charge in [0.05, 0.1) is 0 Å². The zero-order chi connectivity index (χ0) is 18.4. The number of benzene rings is 1. The molecule has 9 heteroatoms. The average molecular weight is 341 g/mol. The van der Waals surface area contributed by atoms with Crippen LogP contribution < -0.4 is 10.6 Å². The molecule has 0 saturated heterocycles. The van der Waals surface area contributed by atoms with Crippen LogP contribution in [0.1, 0.15) is 32.2 Å². The first-order valence-electron chi connectivity index (χ1n) is 7.50. The molecule has 0 fully saturated rings. The number of amides is 1. The molecule has 0 atom stereocenters. The van der Waals surface area contributed by atoms with Crippen LogP contribution in [-0.4, -0.2) is 32.3 Å². The van der Waals surface area contributed by atoms with E-state index in [0.29, 0.717) is 5.69 Å². The summed E-state index contributed by atoms with van der Waals surface area (Å²) in [6.07, 6.45) is 0.973. The Kier molecular flexibility index (Phi) is 5.34. The number of tetrazole rings is 1. The van der Waals surface area contributed by atoms with Crippen molar-refractivity contribution in [2.45, 2.75) is 33.3 Å². The minimum Gasteiger partial charge on any atom is -0.444 e. The molecule has 0 unspecified atom stereocenters. The number of aromatic amines is 1. The van der Waals surface area contributed by atoms with Gasteiger partial charge in [-0.1, -0.05) is 0 Å². The summed E-state index contributed by atoms with van der Waals surface area (Å²) in [5.74, 6) is 0.204. The average Bonchev–Trinajstić information content (AvgIpc) is 3.03. The van der Waals surface area contributed by atoms with Crippen molar-refractivity contribution in [2.24, 2.45) is 0 Å². The van der Waals surface area contributed by atoms with Gasteiger partial charge in [-0.2, -0.15) is 10.5 Å². The van der Waals surface area contributed by atoms with Gasteiger partial charge < -0.3 is 10.1 Å². The SMILES string of the molecule is Cc1cc(NC=C(C#N)c2nn[nH]n2)ccc1NC(=O)OC(C)(C)C. The van der Waals surface area contributed by atoms with E-state index in [4.69, 9.17) is 10.00 Å². The Bertz CT molecular complexity index is 814. The lowest BCUT2D eigenvalue weighted by atomic mass is 10.1. The molecule has 2 aromatic rings. The van der Waals surface area contributed by atoms with Crippen LogP contribution in [0.3, 0.4) is 0 Å². The Morgan fingerprint density at radius 1 is 1.40 bits per heavy atom. The van der Waals surface area contributed by atoms with E-state index in [0.717, 1.165) is 11.3 Å². The summed E-state index contributed by atoms with van der Waals surface area (Å²) in [5, 5.41) is 28.0. The quantitative estimate of drug-likeness (QED) is 0.729. The first kappa shape index (κ1) is 17.9. The van der Waals surface area contributed by atoms with Crippen LogP contribution >= 0.6 is 0 Å². The number of aromatic nitrogens is 4. The van der Waals surface area contributed by atoms with Crippen LogP contribution in [0.25, 0.3) is 5.57 Å². The van der Waals surface area contributed by atoms with Gasteiger partial charge in [0.25, 0.3) is 0 Å². The van der Waals surface area contributed by atoms with E-state index in [9.17, 15) is 4.79 Å². The van der Waals surface area contributed by atoms with Crippen molar-refractivity contribution < 1.29 is 9.53 Å². The van der Waals surface area contributed by atoms with Crippen LogP contribution in [0.2, 0.25) is 0 Å². The van der Waals surface area contributed by atoms with Crippen molar-refractivity contribution in [1.82, 2.24) is 20.6 Å². The van der Waals surface area contributed by atoms with Gasteiger partial charge in [0.1, 0.15) is 17.2 Å². The van der Waals surface area contributed by atoms with Crippen LogP contribution in [0.4, 0.5) is 16.2 Å². The first-order valence-corrected chi connectivity index (χ1v) is 7.50. The number of nitrogens with one attached hydrogen (secondary N) is 3. The molecule has 0 bridgehead atoms. The summed E-state index contributed by atoms with van der Waals surface area (Å²) in [4.78, 5) is 11.8. The molecule has 1 aromatic carbocycles. The monoisotopic (exact) mass is 341 g/mol. The Morgan fingerprint density at radius 2 is 2.16 bits per heavy atom. The van der Waals surface area contributed by atoms with E-state index in [1.54, 1.807) is 32.9 Å². The van der Waals surface area contributed by atoms with Gasteiger partial charge in [-0.05, 0) is 56.7 Å². The Balaban J connectivity index is 2.07. The van der Waals surface area contributed by atoms with Gasteiger partial charge in [0, 0.05) is 17.6 Å². The van der Waals surface area contributed by atoms with Gasteiger partial charge in [-0.25, -0.2) is 4.79 Å². The largest absolute Gasteiger partial charge is 0.444 e. The molecular formula is C16H19N7O2. The normalized spacial score (nSPS) is 11.6. The predicted molar refractivity (Wildman–Crippen MR) is 92.4 cm³/mol. The molecule has 0 spiro atoms. The van der Waals surface area contributed by atoms with Gasteiger partial charge >= 0.3 is 6.09 Å². The van der Waals surface area contributed by atoms with E-state index in [2.05, 4.69) is 31.3 Å². The first-order chi connectivity index (χ1) is 11.8. The maximum Gasteiger partial charge on any atom is 0.412 e. The molecule has 130 valence electrons. The second-order valence-corrected chi connectivity index (χ2v) is 6.21. The lowest BCUT2D eigenvalue weighted by Crippen LogP contribution is -2.27. The highest BCUT2D eigenvalue weighted by Crippen LogP contribution is 2.21. The number of hydrogen-bond acceptors (Lipinski definition) is 7. The molecule has 0 aliphatic rings. The number of allylic oxidation sites excluding steroid dienone is 1. The van der Waals surface area contributed by atoms with E-state index in [-0.39, 0.29) is 11.4 Å². The van der Waals surface area contributed by atoms with Crippen molar-refractivity contribution in [3.05, 3.63) is 35.8 Å². The number of carbonyl (C=O) groups excluding carboxylic acids is 1. The molecule has 0 radical (unpaired) electrons. The standard InChI is InChI=1S/C16H19N7O2/c1-10-7-12(18-9-11(8-17)14-20-22-23-21-14)5-6-13(10)19-15(24)25-16(2,3)4/h5-7,9,18H,1-4H3,(H,19,24)(H,20,21,22,23). The zero-order valence-corrected chi connectivity index (χ0v) is 14.4. The Hall–Kier alpha value is -3.41. The number of carbonyl (C=O) groups is 1. The number of ether oxygens (including phenoxy) is 1. The van der Waals surface area contributed by atoms with Crippen molar-refractivity contribution in [3.63, 3.8) is 0 Å². The predicted octanol–water partition coefficient (Wildman–Crippen LogP) is 2.83. The summed E-state index contributed by atoms with van der Waals surface area (Å²) in [6.45, 7) is 7.26. The summed E-state index contributed by atoms with van der Waals surface area (Å²) in [5.41, 5.74) is 1.89. The highest BCUT2D eigenvalue weighted by atomic mass is 16.6. The summed E-state index contributed by atoms with van der Waals surface area (Å²) < 4.78 is 5.23. The van der Waals surface area contributed by atoms with Crippen LogP contribution in [0.5, 0.6) is 0 Å². The maximum absolute atomic E-state index is 11.8. The second-order valence-electron chi connectivity index (χ2n) is 6.21. The number of anilines is 2. The molecule has 1 amide bonds. The molecule has 25 heavy (non-hydrogen) atoms. The summed E-state index contributed by atoms with van der Waals surface area (Å²) in [7, 11) is 0. The zero-order valence-electron chi connectivity index (χ0n) is 14.4. The lowest BCUT2D eigenvalue weighted by molar-refractivity contribution is 0.0636. The molecule has 0 saturated carbocycles. The molecule has 0 aliphatic heterocycles. The topological polar surface area (TPSA) is 129 Å². The van der Waals surface area contributed by atoms with Crippen molar-refractivity contribution in [1.29, 1.82) is 5.26 Å². The third-order valence-electron chi connectivity index (χ3n) is 2.95. The Labute approximate surface area is 145 Å². The fraction of sp³-hybridized carbons (Fsp3) is 0.312. The number of nitriles is 1. The van der Waals surface area contributed by atoms with Gasteiger partial charge in [-0.15, -0.1) is 10.2 Å². The molecule has 9 nitrogen and oxygen atoms in total. The third kappa shape index (κ3) is 5.31. The van der Waals surface area contributed by atoms with Gasteiger partial charge in [0.2, 0.25) is 5.82 Å². The van der Waals surface area contributed by atoms with Crippen LogP contribution in [0, 0.1) is 18.3 Å². The molecule has 1 heterocycles. The second kappa shape index (κ2) is 7.44. The number of aryl methyl sites for hydroxylation is 1. The van der Waals surface area contributed by atoms with E-state index in [1.165, 1.54) is 6.20 Å². The van der Waals surface area contributed by atoms with E-state index in [1.807, 2.05) is 19.1 Å². The summed E-state index contributed by atoms with van der Waals surface area (Å²) in [6, 6.07) is 7.33. The molecular weight excluding hydrogens is 322 g/mol. The fourth-order valence-electron chi connectivity index (χ4n) is 1.89. The summed E-state index contributed by atoms with van der Waals surface area (Å²) >= 11 is 0. The highest BCUT2D eigenvalue weighted by molar-refractivity contribution is 5.86. The Morgan fingerprint density at radius 3 is 2.72 bits per heavy atom. The number of H-pyrrole nitrogens is 1. The fourth-order valence-corrected chi connectivity index (χ4v) is 1.89. The smallest absolute Gasteiger partial charge is 0.412 e. The molecule has 1 aromatic heterocycles. The lowest BCUT2D eigenvalue weighted by Gasteiger charge is -2.20. The number of hydrogen-bond donors (Lipinski definition) is 3. The van der Waals surface area contributed by atoms with Crippen molar-refractivity contribution in [3.8, 4) is 6.07 Å². The highest BCUT2D eigenvalue weighted by Gasteiger charge is 2.16. The molecule has 3 N–H and O–H groups in total.